The third-order valence-corrected chi connectivity index (χ3v) is 4.86. The van der Waals surface area contributed by atoms with Crippen LogP contribution < -0.4 is 5.32 Å². The smallest absolute Gasteiger partial charge is 0.272 e. The fourth-order valence-corrected chi connectivity index (χ4v) is 3.25. The second-order valence-corrected chi connectivity index (χ2v) is 6.48. The van der Waals surface area contributed by atoms with E-state index in [0.717, 1.165) is 24.9 Å². The van der Waals surface area contributed by atoms with Gasteiger partial charge in [0.15, 0.2) is 0 Å². The van der Waals surface area contributed by atoms with Crippen LogP contribution in [-0.4, -0.2) is 58.3 Å². The Morgan fingerprint density at radius 2 is 1.78 bits per heavy atom. The number of anilines is 2. The van der Waals surface area contributed by atoms with Crippen LogP contribution in [0.5, 0.6) is 0 Å². The second kappa shape index (κ2) is 8.62. The number of rotatable bonds is 6. The van der Waals surface area contributed by atoms with E-state index < -0.39 is 0 Å². The molecule has 1 saturated heterocycles. The molecule has 2 heterocycles. The summed E-state index contributed by atoms with van der Waals surface area (Å²) in [5, 5.41) is 3.31. The molecule has 1 N–H and O–H groups in total. The number of piperazine rings is 1. The van der Waals surface area contributed by atoms with Gasteiger partial charge in [-0.15, -0.1) is 0 Å². The summed E-state index contributed by atoms with van der Waals surface area (Å²) in [6, 6.07) is 7.86. The SMILES string of the molecule is CCc1cccc(CC)c1Nc1nccc(C(=O)N2CCN(C=O)CC2)n1. The Bertz CT molecular complexity index is 794. The van der Waals surface area contributed by atoms with Crippen LogP contribution in [0.15, 0.2) is 30.5 Å². The molecule has 0 aliphatic carbocycles. The highest BCUT2D eigenvalue weighted by atomic mass is 16.2. The number of carbonyl (C=O) groups excluding carboxylic acids is 2. The lowest BCUT2D eigenvalue weighted by atomic mass is 10.0. The van der Waals surface area contributed by atoms with E-state index in [9.17, 15) is 9.59 Å². The monoisotopic (exact) mass is 367 g/mol. The first-order valence-corrected chi connectivity index (χ1v) is 9.35. The third-order valence-electron chi connectivity index (χ3n) is 4.86. The average molecular weight is 367 g/mol. The maximum atomic E-state index is 12.7. The zero-order valence-corrected chi connectivity index (χ0v) is 15.8. The molecule has 7 nitrogen and oxygen atoms in total. The van der Waals surface area contributed by atoms with Gasteiger partial charge in [-0.3, -0.25) is 9.59 Å². The van der Waals surface area contributed by atoms with Crippen molar-refractivity contribution in [1.82, 2.24) is 19.8 Å². The zero-order valence-electron chi connectivity index (χ0n) is 15.8. The number of aromatic nitrogens is 2. The normalized spacial score (nSPS) is 14.1. The van der Waals surface area contributed by atoms with Crippen molar-refractivity contribution in [3.63, 3.8) is 0 Å². The quantitative estimate of drug-likeness (QED) is 0.793. The number of hydrogen-bond donors (Lipinski definition) is 1. The summed E-state index contributed by atoms with van der Waals surface area (Å²) in [6.07, 6.45) is 4.22. The minimum absolute atomic E-state index is 0.134. The van der Waals surface area contributed by atoms with E-state index >= 15 is 0 Å². The minimum atomic E-state index is -0.134. The Hall–Kier alpha value is -2.96. The molecule has 7 heteroatoms. The van der Waals surface area contributed by atoms with Gasteiger partial charge in [-0.05, 0) is 30.0 Å². The largest absolute Gasteiger partial charge is 0.342 e. The Morgan fingerprint density at radius 3 is 2.37 bits per heavy atom. The molecule has 1 aromatic carbocycles. The lowest BCUT2D eigenvalue weighted by Gasteiger charge is -2.32. The summed E-state index contributed by atoms with van der Waals surface area (Å²) in [5.41, 5.74) is 3.77. The van der Waals surface area contributed by atoms with Crippen LogP contribution in [0, 0.1) is 0 Å². The molecule has 1 aromatic heterocycles. The van der Waals surface area contributed by atoms with Crippen LogP contribution in [0.1, 0.15) is 35.5 Å². The summed E-state index contributed by atoms with van der Waals surface area (Å²) < 4.78 is 0. The van der Waals surface area contributed by atoms with Gasteiger partial charge in [0.25, 0.3) is 5.91 Å². The van der Waals surface area contributed by atoms with Crippen LogP contribution >= 0.6 is 0 Å². The molecule has 2 aromatic rings. The molecule has 0 bridgehead atoms. The molecule has 1 aliphatic rings. The van der Waals surface area contributed by atoms with Gasteiger partial charge < -0.3 is 15.1 Å². The van der Waals surface area contributed by atoms with Gasteiger partial charge in [-0.1, -0.05) is 32.0 Å². The first-order valence-electron chi connectivity index (χ1n) is 9.35. The number of nitrogens with zero attached hydrogens (tertiary/aromatic N) is 4. The summed E-state index contributed by atoms with van der Waals surface area (Å²) >= 11 is 0. The molecular weight excluding hydrogens is 342 g/mol. The van der Waals surface area contributed by atoms with Crippen molar-refractivity contribution in [2.24, 2.45) is 0 Å². The van der Waals surface area contributed by atoms with E-state index in [1.54, 1.807) is 22.1 Å². The van der Waals surface area contributed by atoms with Crippen molar-refractivity contribution in [1.29, 1.82) is 0 Å². The summed E-state index contributed by atoms with van der Waals surface area (Å²) in [6.45, 7) is 6.36. The number of carbonyl (C=O) groups is 2. The molecule has 142 valence electrons. The van der Waals surface area contributed by atoms with E-state index in [2.05, 4.69) is 47.3 Å². The molecule has 0 radical (unpaired) electrons. The van der Waals surface area contributed by atoms with Crippen LogP contribution in [0.2, 0.25) is 0 Å². The second-order valence-electron chi connectivity index (χ2n) is 6.48. The summed E-state index contributed by atoms with van der Waals surface area (Å²) in [4.78, 5) is 35.7. The summed E-state index contributed by atoms with van der Waals surface area (Å²) in [5.74, 6) is 0.286. The van der Waals surface area contributed by atoms with Gasteiger partial charge in [-0.2, -0.15) is 0 Å². The van der Waals surface area contributed by atoms with Crippen LogP contribution in [-0.2, 0) is 17.6 Å². The van der Waals surface area contributed by atoms with Crippen molar-refractivity contribution in [3.8, 4) is 0 Å². The van der Waals surface area contributed by atoms with Gasteiger partial charge in [-0.25, -0.2) is 9.97 Å². The highest BCUT2D eigenvalue weighted by Gasteiger charge is 2.22. The van der Waals surface area contributed by atoms with Crippen molar-refractivity contribution in [2.75, 3.05) is 31.5 Å². The molecule has 1 aliphatic heterocycles. The van der Waals surface area contributed by atoms with Crippen molar-refractivity contribution in [3.05, 3.63) is 47.3 Å². The fourth-order valence-electron chi connectivity index (χ4n) is 3.25. The first-order chi connectivity index (χ1) is 13.2. The summed E-state index contributed by atoms with van der Waals surface area (Å²) in [7, 11) is 0. The van der Waals surface area contributed by atoms with E-state index in [4.69, 9.17) is 0 Å². The minimum Gasteiger partial charge on any atom is -0.342 e. The Labute approximate surface area is 159 Å². The van der Waals surface area contributed by atoms with Gasteiger partial charge in [0.1, 0.15) is 5.69 Å². The maximum Gasteiger partial charge on any atom is 0.272 e. The molecule has 0 spiro atoms. The predicted molar refractivity (Wildman–Crippen MR) is 104 cm³/mol. The standard InChI is InChI=1S/C20H25N5O2/c1-3-15-6-5-7-16(4-2)18(15)23-20-21-9-8-17(22-20)19(27)25-12-10-24(14-26)11-13-25/h5-9,14H,3-4,10-13H2,1-2H3,(H,21,22,23). The van der Waals surface area contributed by atoms with E-state index in [1.165, 1.54) is 11.1 Å². The highest BCUT2D eigenvalue weighted by molar-refractivity contribution is 5.92. The molecule has 3 rings (SSSR count). The number of benzene rings is 1. The molecule has 1 fully saturated rings. The number of hydrogen-bond acceptors (Lipinski definition) is 5. The van der Waals surface area contributed by atoms with Crippen LogP contribution in [0.3, 0.4) is 0 Å². The third kappa shape index (κ3) is 4.24. The topological polar surface area (TPSA) is 78.4 Å². The maximum absolute atomic E-state index is 12.7. The average Bonchev–Trinajstić information content (AvgIpc) is 2.73. The van der Waals surface area contributed by atoms with Crippen LogP contribution in [0.25, 0.3) is 0 Å². The van der Waals surface area contributed by atoms with Crippen molar-refractivity contribution in [2.45, 2.75) is 26.7 Å². The van der Waals surface area contributed by atoms with Gasteiger partial charge in [0.2, 0.25) is 12.4 Å². The van der Waals surface area contributed by atoms with Crippen molar-refractivity contribution < 1.29 is 9.59 Å². The van der Waals surface area contributed by atoms with E-state index in [1.807, 2.05) is 0 Å². The molecule has 2 amide bonds. The Morgan fingerprint density at radius 1 is 1.11 bits per heavy atom. The molecule has 0 atom stereocenters. The van der Waals surface area contributed by atoms with E-state index in [0.29, 0.717) is 37.8 Å². The predicted octanol–water partition coefficient (Wildman–Crippen LogP) is 2.26. The van der Waals surface area contributed by atoms with Gasteiger partial charge in [0, 0.05) is 38.1 Å². The van der Waals surface area contributed by atoms with E-state index in [-0.39, 0.29) is 5.91 Å². The number of aryl methyl sites for hydroxylation is 2. The lowest BCUT2D eigenvalue weighted by Crippen LogP contribution is -2.48. The number of para-hydroxylation sites is 1. The molecule has 0 saturated carbocycles. The zero-order chi connectivity index (χ0) is 19.2. The molecular formula is C20H25N5O2. The van der Waals surface area contributed by atoms with Gasteiger partial charge in [0.05, 0.1) is 0 Å². The molecule has 27 heavy (non-hydrogen) atoms. The fraction of sp³-hybridized carbons (Fsp3) is 0.400. The number of amides is 2. The first kappa shape index (κ1) is 18.8. The Kier molecular flexibility index (Phi) is 6.01. The van der Waals surface area contributed by atoms with Crippen LogP contribution in [0.4, 0.5) is 11.6 Å². The number of nitrogens with one attached hydrogen (secondary N) is 1. The molecule has 0 unspecified atom stereocenters. The Balaban J connectivity index is 1.79. The van der Waals surface area contributed by atoms with Crippen molar-refractivity contribution >= 4 is 24.0 Å². The highest BCUT2D eigenvalue weighted by Crippen LogP contribution is 2.25. The lowest BCUT2D eigenvalue weighted by molar-refractivity contribution is -0.119. The van der Waals surface area contributed by atoms with Gasteiger partial charge >= 0.3 is 0 Å².